The molecular weight excluding hydrogens is 210 g/mol. The Hall–Kier alpha value is -1.64. The van der Waals surface area contributed by atoms with Crippen LogP contribution < -0.4 is 0 Å². The maximum absolute atomic E-state index is 4.26. The fraction of sp³-hybridized carbons (Fsp3) is 0.429. The van der Waals surface area contributed by atoms with Gasteiger partial charge in [0.2, 0.25) is 0 Å². The number of aromatic nitrogens is 3. The van der Waals surface area contributed by atoms with Crippen molar-refractivity contribution in [2.24, 2.45) is 0 Å². The third-order valence-electron chi connectivity index (χ3n) is 2.93. The van der Waals surface area contributed by atoms with Crippen LogP contribution in [0.15, 0.2) is 24.4 Å². The second kappa shape index (κ2) is 3.99. The minimum absolute atomic E-state index is 0.0365. The van der Waals surface area contributed by atoms with E-state index < -0.39 is 0 Å². The van der Waals surface area contributed by atoms with Crippen LogP contribution in [0.2, 0.25) is 0 Å². The van der Waals surface area contributed by atoms with Gasteiger partial charge in [-0.15, -0.1) is 5.10 Å². The van der Waals surface area contributed by atoms with Gasteiger partial charge in [0.15, 0.2) is 0 Å². The predicted molar refractivity (Wildman–Crippen MR) is 69.5 cm³/mol. The zero-order valence-electron chi connectivity index (χ0n) is 11.2. The van der Waals surface area contributed by atoms with Crippen LogP contribution in [0.4, 0.5) is 0 Å². The summed E-state index contributed by atoms with van der Waals surface area (Å²) < 4.78 is 1.88. The number of benzene rings is 1. The molecule has 0 bridgehead atoms. The maximum Gasteiger partial charge on any atom is 0.0885 e. The van der Waals surface area contributed by atoms with Gasteiger partial charge in [0.25, 0.3) is 0 Å². The zero-order chi connectivity index (χ0) is 12.6. The van der Waals surface area contributed by atoms with Crippen molar-refractivity contribution in [1.82, 2.24) is 15.0 Å². The lowest BCUT2D eigenvalue weighted by Gasteiger charge is -2.13. The van der Waals surface area contributed by atoms with Gasteiger partial charge >= 0.3 is 0 Å². The van der Waals surface area contributed by atoms with Gasteiger partial charge in [0.1, 0.15) is 0 Å². The molecule has 1 aromatic carbocycles. The van der Waals surface area contributed by atoms with Crippen molar-refractivity contribution in [3.05, 3.63) is 41.2 Å². The Morgan fingerprint density at radius 1 is 1.06 bits per heavy atom. The van der Waals surface area contributed by atoms with E-state index in [0.29, 0.717) is 0 Å². The average Bonchev–Trinajstić information content (AvgIpc) is 2.65. The molecule has 90 valence electrons. The Bertz CT molecular complexity index is 512. The molecule has 0 spiro atoms. The summed E-state index contributed by atoms with van der Waals surface area (Å²) in [7, 11) is 0. The number of nitrogens with zero attached hydrogens (tertiary/aromatic N) is 3. The number of aryl methyl sites for hydroxylation is 2. The summed E-state index contributed by atoms with van der Waals surface area (Å²) in [5, 5.41) is 8.50. The molecule has 0 aliphatic carbocycles. The van der Waals surface area contributed by atoms with Crippen LogP contribution >= 0.6 is 0 Å². The lowest BCUT2D eigenvalue weighted by Crippen LogP contribution is -2.11. The fourth-order valence-corrected chi connectivity index (χ4v) is 1.88. The molecule has 2 aromatic rings. The highest BCUT2D eigenvalue weighted by Gasteiger charge is 2.18. The van der Waals surface area contributed by atoms with Gasteiger partial charge in [-0.1, -0.05) is 44.2 Å². The summed E-state index contributed by atoms with van der Waals surface area (Å²) >= 11 is 0. The number of rotatable bonds is 1. The lowest BCUT2D eigenvalue weighted by molar-refractivity contribution is 0.566. The standard InChI is InChI=1S/C14H19N3/c1-10-7-6-8-11(2)13(10)17-9-12(15-16-17)14(3,4)5/h6-9H,1-5H3. The van der Waals surface area contributed by atoms with E-state index in [1.165, 1.54) is 11.1 Å². The van der Waals surface area contributed by atoms with Crippen molar-refractivity contribution in [3.8, 4) is 5.69 Å². The topological polar surface area (TPSA) is 30.7 Å². The van der Waals surface area contributed by atoms with Crippen LogP contribution in [0.25, 0.3) is 5.69 Å². The first-order chi connectivity index (χ1) is 7.89. The third kappa shape index (κ3) is 2.23. The third-order valence-corrected chi connectivity index (χ3v) is 2.93. The second-order valence-electron chi connectivity index (χ2n) is 5.54. The van der Waals surface area contributed by atoms with E-state index in [1.54, 1.807) is 0 Å². The minimum atomic E-state index is 0.0365. The molecule has 17 heavy (non-hydrogen) atoms. The zero-order valence-corrected chi connectivity index (χ0v) is 11.2. The van der Waals surface area contributed by atoms with Gasteiger partial charge in [-0.2, -0.15) is 0 Å². The quantitative estimate of drug-likeness (QED) is 0.752. The molecule has 3 nitrogen and oxygen atoms in total. The normalized spacial score (nSPS) is 11.8. The first-order valence-electron chi connectivity index (χ1n) is 5.89. The molecule has 0 aliphatic heterocycles. The highest BCUT2D eigenvalue weighted by Crippen LogP contribution is 2.22. The van der Waals surface area contributed by atoms with Crippen molar-refractivity contribution in [3.63, 3.8) is 0 Å². The molecule has 0 unspecified atom stereocenters. The Labute approximate surface area is 102 Å². The van der Waals surface area contributed by atoms with Crippen LogP contribution in [0, 0.1) is 13.8 Å². The minimum Gasteiger partial charge on any atom is -0.220 e. The summed E-state index contributed by atoms with van der Waals surface area (Å²) in [5.74, 6) is 0. The molecule has 0 fully saturated rings. The Morgan fingerprint density at radius 3 is 2.12 bits per heavy atom. The van der Waals surface area contributed by atoms with E-state index in [2.05, 4.69) is 63.1 Å². The molecule has 0 atom stereocenters. The van der Waals surface area contributed by atoms with Crippen LogP contribution in [-0.4, -0.2) is 15.0 Å². The van der Waals surface area contributed by atoms with Crippen LogP contribution in [0.3, 0.4) is 0 Å². The van der Waals surface area contributed by atoms with Crippen molar-refractivity contribution in [1.29, 1.82) is 0 Å². The summed E-state index contributed by atoms with van der Waals surface area (Å²) in [5.41, 5.74) is 4.62. The highest BCUT2D eigenvalue weighted by atomic mass is 15.4. The molecule has 0 N–H and O–H groups in total. The molecule has 3 heteroatoms. The van der Waals surface area contributed by atoms with E-state index in [4.69, 9.17) is 0 Å². The number of hydrogen-bond acceptors (Lipinski definition) is 2. The first-order valence-corrected chi connectivity index (χ1v) is 5.89. The Balaban J connectivity index is 2.51. The largest absolute Gasteiger partial charge is 0.220 e. The van der Waals surface area contributed by atoms with Crippen LogP contribution in [0.5, 0.6) is 0 Å². The molecular formula is C14H19N3. The van der Waals surface area contributed by atoms with Crippen molar-refractivity contribution < 1.29 is 0 Å². The van der Waals surface area contributed by atoms with Crippen molar-refractivity contribution in [2.75, 3.05) is 0 Å². The fourth-order valence-electron chi connectivity index (χ4n) is 1.88. The Morgan fingerprint density at radius 2 is 1.65 bits per heavy atom. The van der Waals surface area contributed by atoms with Gasteiger partial charge in [-0.25, -0.2) is 4.68 Å². The lowest BCUT2D eigenvalue weighted by atomic mass is 9.93. The van der Waals surface area contributed by atoms with Gasteiger partial charge in [-0.05, 0) is 25.0 Å². The van der Waals surface area contributed by atoms with Crippen molar-refractivity contribution >= 4 is 0 Å². The molecule has 1 heterocycles. The SMILES string of the molecule is Cc1cccc(C)c1-n1cc(C(C)(C)C)nn1. The Kier molecular flexibility index (Phi) is 2.77. The summed E-state index contributed by atoms with van der Waals surface area (Å²) in [6.45, 7) is 10.6. The maximum atomic E-state index is 4.26. The smallest absolute Gasteiger partial charge is 0.0885 e. The van der Waals surface area contributed by atoms with E-state index >= 15 is 0 Å². The highest BCUT2D eigenvalue weighted by molar-refractivity contribution is 5.46. The van der Waals surface area contributed by atoms with Gasteiger partial charge < -0.3 is 0 Å². The molecule has 0 amide bonds. The van der Waals surface area contributed by atoms with E-state index in [1.807, 2.05) is 10.9 Å². The molecule has 0 saturated carbocycles. The van der Waals surface area contributed by atoms with Gasteiger partial charge in [-0.3, -0.25) is 0 Å². The van der Waals surface area contributed by atoms with E-state index in [-0.39, 0.29) is 5.41 Å². The summed E-state index contributed by atoms with van der Waals surface area (Å²) in [6, 6.07) is 6.26. The number of para-hydroxylation sites is 1. The first kappa shape index (κ1) is 11.8. The molecule has 0 radical (unpaired) electrons. The average molecular weight is 229 g/mol. The van der Waals surface area contributed by atoms with Gasteiger partial charge in [0.05, 0.1) is 17.6 Å². The molecule has 1 aromatic heterocycles. The van der Waals surface area contributed by atoms with E-state index in [0.717, 1.165) is 11.4 Å². The number of hydrogen-bond donors (Lipinski definition) is 0. The van der Waals surface area contributed by atoms with Crippen molar-refractivity contribution in [2.45, 2.75) is 40.0 Å². The monoisotopic (exact) mass is 229 g/mol. The van der Waals surface area contributed by atoms with Gasteiger partial charge in [0, 0.05) is 5.41 Å². The summed E-state index contributed by atoms with van der Waals surface area (Å²) in [6.07, 6.45) is 2.02. The molecule has 0 saturated heterocycles. The van der Waals surface area contributed by atoms with Crippen LogP contribution in [-0.2, 0) is 5.41 Å². The van der Waals surface area contributed by atoms with E-state index in [9.17, 15) is 0 Å². The van der Waals surface area contributed by atoms with Crippen LogP contribution in [0.1, 0.15) is 37.6 Å². The predicted octanol–water partition coefficient (Wildman–Crippen LogP) is 3.18. The molecule has 0 aliphatic rings. The molecule has 2 rings (SSSR count). The second-order valence-corrected chi connectivity index (χ2v) is 5.54. The summed E-state index contributed by atoms with van der Waals surface area (Å²) in [4.78, 5) is 0.